The van der Waals surface area contributed by atoms with Crippen molar-refractivity contribution in [2.24, 2.45) is 11.8 Å². The molecule has 0 atom stereocenters. The van der Waals surface area contributed by atoms with Gasteiger partial charge in [-0.3, -0.25) is 9.59 Å². The van der Waals surface area contributed by atoms with Crippen LogP contribution in [0, 0.1) is 17.7 Å². The average molecular weight is 482 g/mol. The molecule has 1 aromatic carbocycles. The van der Waals surface area contributed by atoms with Crippen LogP contribution >= 0.6 is 12.4 Å². The topological polar surface area (TPSA) is 61.4 Å². The second-order valence-corrected chi connectivity index (χ2v) is 9.55. The van der Waals surface area contributed by atoms with Gasteiger partial charge in [-0.1, -0.05) is 19.3 Å². The molecule has 2 N–H and O–H groups in total. The molecule has 186 valence electrons. The van der Waals surface area contributed by atoms with Crippen molar-refractivity contribution in [1.82, 2.24) is 15.5 Å². The summed E-state index contributed by atoms with van der Waals surface area (Å²) in [6, 6.07) is 5.39. The molecule has 0 unspecified atom stereocenters. The van der Waals surface area contributed by atoms with E-state index in [1.54, 1.807) is 4.90 Å². The van der Waals surface area contributed by atoms with Crippen molar-refractivity contribution in [3.8, 4) is 0 Å². The number of amides is 1. The lowest BCUT2D eigenvalue weighted by molar-refractivity contribution is -0.131. The molecular formula is C26H41ClFN3O2. The van der Waals surface area contributed by atoms with E-state index in [0.29, 0.717) is 24.6 Å². The smallest absolute Gasteiger partial charge is 0.230 e. The van der Waals surface area contributed by atoms with E-state index in [9.17, 15) is 14.0 Å². The fraction of sp³-hybridized carbons (Fsp3) is 0.692. The highest BCUT2D eigenvalue weighted by Crippen LogP contribution is 2.22. The Labute approximate surface area is 204 Å². The highest BCUT2D eigenvalue weighted by atomic mass is 35.5. The van der Waals surface area contributed by atoms with Crippen LogP contribution in [0.1, 0.15) is 74.6 Å². The van der Waals surface area contributed by atoms with E-state index in [1.807, 2.05) is 0 Å². The number of ketones is 1. The molecule has 2 aliphatic rings. The number of piperidine rings is 1. The number of halogens is 2. The molecule has 33 heavy (non-hydrogen) atoms. The zero-order valence-corrected chi connectivity index (χ0v) is 20.6. The summed E-state index contributed by atoms with van der Waals surface area (Å²) in [5.41, 5.74) is 0.392. The number of hydrogen-bond acceptors (Lipinski definition) is 4. The van der Waals surface area contributed by atoms with Crippen molar-refractivity contribution < 1.29 is 14.0 Å². The van der Waals surface area contributed by atoms with Crippen LogP contribution in [0.3, 0.4) is 0 Å². The number of unbranched alkanes of at least 4 members (excludes halogenated alkanes) is 1. The molecule has 0 bridgehead atoms. The van der Waals surface area contributed by atoms with Gasteiger partial charge in [-0.15, -0.1) is 12.4 Å². The summed E-state index contributed by atoms with van der Waals surface area (Å²) in [6.45, 7) is 5.80. The van der Waals surface area contributed by atoms with Gasteiger partial charge in [0.1, 0.15) is 5.82 Å². The molecular weight excluding hydrogens is 441 g/mol. The van der Waals surface area contributed by atoms with E-state index < -0.39 is 0 Å². The zero-order chi connectivity index (χ0) is 22.6. The second kappa shape index (κ2) is 15.4. The Morgan fingerprint density at radius 3 is 1.97 bits per heavy atom. The van der Waals surface area contributed by atoms with E-state index in [1.165, 1.54) is 75.8 Å². The van der Waals surface area contributed by atoms with Crippen LogP contribution in [0.2, 0.25) is 0 Å². The van der Waals surface area contributed by atoms with Crippen LogP contribution in [0.4, 0.5) is 4.39 Å². The number of carbonyl (C=O) groups is 2. The lowest BCUT2D eigenvalue weighted by atomic mass is 9.89. The number of hydrogen-bond donors (Lipinski definition) is 2. The molecule has 2 fully saturated rings. The Morgan fingerprint density at radius 2 is 1.39 bits per heavy atom. The van der Waals surface area contributed by atoms with Crippen LogP contribution in [0.15, 0.2) is 24.3 Å². The van der Waals surface area contributed by atoms with Crippen molar-refractivity contribution >= 4 is 24.1 Å². The number of likely N-dealkylation sites (tertiary alicyclic amines) is 1. The van der Waals surface area contributed by atoms with Gasteiger partial charge in [-0.05, 0) is 101 Å². The quantitative estimate of drug-likeness (QED) is 0.260. The second-order valence-electron chi connectivity index (χ2n) is 9.55. The number of nitrogens with one attached hydrogen (secondary N) is 2. The number of carbonyl (C=O) groups excluding carboxylic acids is 2. The Bertz CT molecular complexity index is 702. The number of rotatable bonds is 12. The Morgan fingerprint density at radius 1 is 0.848 bits per heavy atom. The average Bonchev–Trinajstić information content (AvgIpc) is 2.82. The maximum absolute atomic E-state index is 13.0. The molecule has 5 nitrogen and oxygen atoms in total. The summed E-state index contributed by atoms with van der Waals surface area (Å²) in [5, 5.41) is 7.21. The summed E-state index contributed by atoms with van der Waals surface area (Å²) in [6.07, 6.45) is 11.3. The van der Waals surface area contributed by atoms with Gasteiger partial charge in [-0.2, -0.15) is 0 Å². The summed E-state index contributed by atoms with van der Waals surface area (Å²) >= 11 is 0. The van der Waals surface area contributed by atoms with Gasteiger partial charge in [-0.25, -0.2) is 4.39 Å². The summed E-state index contributed by atoms with van der Waals surface area (Å²) in [4.78, 5) is 26.5. The van der Waals surface area contributed by atoms with Gasteiger partial charge < -0.3 is 15.5 Å². The van der Waals surface area contributed by atoms with Gasteiger partial charge >= 0.3 is 0 Å². The highest BCUT2D eigenvalue weighted by molar-refractivity contribution is 6.07. The van der Waals surface area contributed by atoms with E-state index >= 15 is 0 Å². The Hall–Kier alpha value is -1.50. The van der Waals surface area contributed by atoms with Crippen molar-refractivity contribution in [3.05, 3.63) is 35.6 Å². The number of benzene rings is 1. The van der Waals surface area contributed by atoms with Gasteiger partial charge in [0.25, 0.3) is 0 Å². The Kier molecular flexibility index (Phi) is 13.0. The van der Waals surface area contributed by atoms with Crippen LogP contribution < -0.4 is 10.6 Å². The molecule has 1 aromatic rings. The van der Waals surface area contributed by atoms with Crippen LogP contribution in [-0.4, -0.2) is 55.9 Å². The van der Waals surface area contributed by atoms with Crippen molar-refractivity contribution in [2.75, 3.05) is 39.3 Å². The first-order valence-corrected chi connectivity index (χ1v) is 12.6. The summed E-state index contributed by atoms with van der Waals surface area (Å²) < 4.78 is 13.0. The first kappa shape index (κ1) is 27.7. The largest absolute Gasteiger partial charge is 0.342 e. The van der Waals surface area contributed by atoms with Crippen LogP contribution in [0.5, 0.6) is 0 Å². The lowest BCUT2D eigenvalue weighted by Crippen LogP contribution is -2.41. The van der Waals surface area contributed by atoms with Gasteiger partial charge in [0.15, 0.2) is 5.78 Å². The third-order valence-electron chi connectivity index (χ3n) is 6.99. The van der Waals surface area contributed by atoms with Gasteiger partial charge in [0, 0.05) is 18.7 Å². The standard InChI is InChI=1S/C26H40FN3O2.ClH/c27-24-10-8-23(9-11-24)25(31)18-26(32)30-16-12-22(13-17-30)20-29-15-5-4-14-28-19-21-6-2-1-3-7-21;/h8-11,21-22,28-29H,1-7,12-20H2;1H. The van der Waals surface area contributed by atoms with E-state index in [4.69, 9.17) is 0 Å². The molecule has 1 amide bonds. The molecule has 1 heterocycles. The third-order valence-corrected chi connectivity index (χ3v) is 6.99. The molecule has 0 aromatic heterocycles. The monoisotopic (exact) mass is 481 g/mol. The molecule has 7 heteroatoms. The minimum atomic E-state index is -0.380. The number of Topliss-reactive ketones (excluding diaryl/α,β-unsaturated/α-hetero) is 1. The molecule has 1 aliphatic heterocycles. The lowest BCUT2D eigenvalue weighted by Gasteiger charge is -2.32. The van der Waals surface area contributed by atoms with E-state index in [-0.39, 0.29) is 36.3 Å². The predicted octanol–water partition coefficient (Wildman–Crippen LogP) is 4.60. The van der Waals surface area contributed by atoms with Crippen molar-refractivity contribution in [2.45, 2.75) is 64.2 Å². The van der Waals surface area contributed by atoms with Gasteiger partial charge in [0.2, 0.25) is 5.91 Å². The highest BCUT2D eigenvalue weighted by Gasteiger charge is 2.24. The molecule has 0 radical (unpaired) electrons. The first-order valence-electron chi connectivity index (χ1n) is 12.6. The fourth-order valence-corrected chi connectivity index (χ4v) is 4.88. The maximum Gasteiger partial charge on any atom is 0.230 e. The normalized spacial score (nSPS) is 17.5. The van der Waals surface area contributed by atoms with E-state index in [2.05, 4.69) is 10.6 Å². The molecule has 1 saturated carbocycles. The summed E-state index contributed by atoms with van der Waals surface area (Å²) in [7, 11) is 0. The minimum Gasteiger partial charge on any atom is -0.342 e. The Balaban J connectivity index is 0.00000385. The SMILES string of the molecule is Cl.O=C(CC(=O)N1CCC(CNCCCCNCC2CCCCC2)CC1)c1ccc(F)cc1. The zero-order valence-electron chi connectivity index (χ0n) is 19.8. The first-order chi connectivity index (χ1) is 15.6. The maximum atomic E-state index is 13.0. The minimum absolute atomic E-state index is 0. The predicted molar refractivity (Wildman–Crippen MR) is 133 cm³/mol. The molecule has 0 spiro atoms. The fourth-order valence-electron chi connectivity index (χ4n) is 4.88. The molecule has 3 rings (SSSR count). The third kappa shape index (κ3) is 10.1. The molecule has 1 aliphatic carbocycles. The van der Waals surface area contributed by atoms with Crippen molar-refractivity contribution in [1.29, 1.82) is 0 Å². The van der Waals surface area contributed by atoms with Crippen LogP contribution in [0.25, 0.3) is 0 Å². The van der Waals surface area contributed by atoms with Crippen LogP contribution in [-0.2, 0) is 4.79 Å². The van der Waals surface area contributed by atoms with Crippen molar-refractivity contribution in [3.63, 3.8) is 0 Å². The molecule has 1 saturated heterocycles. The number of nitrogens with zero attached hydrogens (tertiary/aromatic N) is 1. The van der Waals surface area contributed by atoms with Gasteiger partial charge in [0.05, 0.1) is 6.42 Å². The summed E-state index contributed by atoms with van der Waals surface area (Å²) in [5.74, 6) is 0.755. The van der Waals surface area contributed by atoms with E-state index in [0.717, 1.165) is 38.4 Å².